The third kappa shape index (κ3) is 4.09. The highest BCUT2D eigenvalue weighted by molar-refractivity contribution is 5.37. The summed E-state index contributed by atoms with van der Waals surface area (Å²) < 4.78 is 5.38. The van der Waals surface area contributed by atoms with Gasteiger partial charge in [-0.25, -0.2) is 0 Å². The third-order valence-corrected chi connectivity index (χ3v) is 3.10. The minimum absolute atomic E-state index is 0.359. The van der Waals surface area contributed by atoms with Crippen LogP contribution in [0, 0.1) is 19.3 Å². The molecule has 0 aliphatic carbocycles. The van der Waals surface area contributed by atoms with Gasteiger partial charge in [-0.2, -0.15) is 0 Å². The Balaban J connectivity index is 2.81. The fraction of sp³-hybridized carbons (Fsp3) is 0.500. The van der Waals surface area contributed by atoms with Crippen molar-refractivity contribution in [3.8, 4) is 18.1 Å². The number of nitrogens with one attached hydrogen (secondary N) is 1. The SMILES string of the molecule is C#CCCCC(NCC)c1ccc(C)c(OC)c1. The highest BCUT2D eigenvalue weighted by Crippen LogP contribution is 2.26. The van der Waals surface area contributed by atoms with Crippen LogP contribution in [-0.2, 0) is 0 Å². The van der Waals surface area contributed by atoms with Gasteiger partial charge in [-0.1, -0.05) is 19.1 Å². The predicted molar refractivity (Wildman–Crippen MR) is 76.8 cm³/mol. The van der Waals surface area contributed by atoms with Gasteiger partial charge >= 0.3 is 0 Å². The number of ether oxygens (including phenoxy) is 1. The highest BCUT2D eigenvalue weighted by Gasteiger charge is 2.11. The summed E-state index contributed by atoms with van der Waals surface area (Å²) in [5.41, 5.74) is 2.44. The van der Waals surface area contributed by atoms with Crippen molar-refractivity contribution in [1.82, 2.24) is 5.32 Å². The van der Waals surface area contributed by atoms with E-state index in [4.69, 9.17) is 11.2 Å². The molecule has 1 N–H and O–H groups in total. The quantitative estimate of drug-likeness (QED) is 0.587. The standard InChI is InChI=1S/C16H23NO/c1-5-7-8-9-15(17-6-2)14-11-10-13(3)16(12-14)18-4/h1,10-12,15,17H,6-9H2,2-4H3. The summed E-state index contributed by atoms with van der Waals surface area (Å²) >= 11 is 0. The van der Waals surface area contributed by atoms with Crippen LogP contribution in [0.25, 0.3) is 0 Å². The number of rotatable bonds is 7. The van der Waals surface area contributed by atoms with Gasteiger partial charge in [0.25, 0.3) is 0 Å². The van der Waals surface area contributed by atoms with Crippen LogP contribution < -0.4 is 10.1 Å². The zero-order valence-electron chi connectivity index (χ0n) is 11.6. The predicted octanol–water partition coefficient (Wildman–Crippen LogP) is 3.46. The Labute approximate surface area is 111 Å². The van der Waals surface area contributed by atoms with Crippen molar-refractivity contribution in [2.75, 3.05) is 13.7 Å². The van der Waals surface area contributed by atoms with Crippen LogP contribution in [0.4, 0.5) is 0 Å². The van der Waals surface area contributed by atoms with E-state index >= 15 is 0 Å². The number of aryl methyl sites for hydroxylation is 1. The molecule has 1 rings (SSSR count). The van der Waals surface area contributed by atoms with Gasteiger partial charge in [0.05, 0.1) is 7.11 Å². The molecule has 0 aromatic heterocycles. The highest BCUT2D eigenvalue weighted by atomic mass is 16.5. The van der Waals surface area contributed by atoms with E-state index in [1.54, 1.807) is 7.11 Å². The second-order valence-electron chi connectivity index (χ2n) is 4.44. The molecule has 0 fully saturated rings. The molecule has 0 amide bonds. The van der Waals surface area contributed by atoms with Crippen molar-refractivity contribution in [1.29, 1.82) is 0 Å². The zero-order chi connectivity index (χ0) is 13.4. The van der Waals surface area contributed by atoms with Crippen molar-refractivity contribution < 1.29 is 4.74 Å². The van der Waals surface area contributed by atoms with Crippen molar-refractivity contribution in [3.05, 3.63) is 29.3 Å². The molecule has 0 saturated heterocycles. The smallest absolute Gasteiger partial charge is 0.122 e. The fourth-order valence-electron chi connectivity index (χ4n) is 2.09. The molecule has 0 bridgehead atoms. The summed E-state index contributed by atoms with van der Waals surface area (Å²) in [7, 11) is 1.71. The van der Waals surface area contributed by atoms with Gasteiger partial charge in [-0.05, 0) is 43.5 Å². The van der Waals surface area contributed by atoms with Crippen LogP contribution in [0.1, 0.15) is 43.4 Å². The molecule has 0 heterocycles. The van der Waals surface area contributed by atoms with E-state index in [2.05, 4.69) is 43.3 Å². The molecule has 1 aromatic carbocycles. The first kappa shape index (κ1) is 14.6. The molecule has 0 radical (unpaired) electrons. The fourth-order valence-corrected chi connectivity index (χ4v) is 2.09. The summed E-state index contributed by atoms with van der Waals surface area (Å²) in [6.07, 6.45) is 8.25. The average molecular weight is 245 g/mol. The van der Waals surface area contributed by atoms with Crippen molar-refractivity contribution >= 4 is 0 Å². The average Bonchev–Trinajstić information content (AvgIpc) is 2.39. The molecule has 0 aliphatic heterocycles. The number of hydrogen-bond acceptors (Lipinski definition) is 2. The van der Waals surface area contributed by atoms with Gasteiger partial charge in [0.2, 0.25) is 0 Å². The lowest BCUT2D eigenvalue weighted by Crippen LogP contribution is -2.20. The zero-order valence-corrected chi connectivity index (χ0v) is 11.6. The Bertz CT molecular complexity index is 406. The first-order valence-electron chi connectivity index (χ1n) is 6.54. The molecular formula is C16H23NO. The first-order valence-corrected chi connectivity index (χ1v) is 6.54. The van der Waals surface area contributed by atoms with E-state index in [1.165, 1.54) is 11.1 Å². The van der Waals surface area contributed by atoms with Gasteiger partial charge in [-0.15, -0.1) is 12.3 Å². The maximum Gasteiger partial charge on any atom is 0.122 e. The lowest BCUT2D eigenvalue weighted by Gasteiger charge is -2.19. The molecule has 18 heavy (non-hydrogen) atoms. The van der Waals surface area contributed by atoms with Gasteiger partial charge in [0.1, 0.15) is 5.75 Å². The van der Waals surface area contributed by atoms with E-state index < -0.39 is 0 Å². The lowest BCUT2D eigenvalue weighted by atomic mass is 9.99. The largest absolute Gasteiger partial charge is 0.496 e. The second-order valence-corrected chi connectivity index (χ2v) is 4.44. The van der Waals surface area contributed by atoms with Crippen molar-refractivity contribution in [3.63, 3.8) is 0 Å². The van der Waals surface area contributed by atoms with E-state index in [0.717, 1.165) is 31.6 Å². The van der Waals surface area contributed by atoms with Crippen LogP contribution in [-0.4, -0.2) is 13.7 Å². The lowest BCUT2D eigenvalue weighted by molar-refractivity contribution is 0.409. The summed E-state index contributed by atoms with van der Waals surface area (Å²) in [4.78, 5) is 0. The minimum atomic E-state index is 0.359. The molecule has 98 valence electrons. The second kappa shape index (κ2) is 7.79. The van der Waals surface area contributed by atoms with Crippen molar-refractivity contribution in [2.45, 2.75) is 39.2 Å². The number of benzene rings is 1. The Hall–Kier alpha value is -1.46. The number of unbranched alkanes of at least 4 members (excludes halogenated alkanes) is 1. The van der Waals surface area contributed by atoms with Crippen LogP contribution >= 0.6 is 0 Å². The summed E-state index contributed by atoms with van der Waals surface area (Å²) in [6.45, 7) is 5.14. The molecule has 0 saturated carbocycles. The topological polar surface area (TPSA) is 21.3 Å². The third-order valence-electron chi connectivity index (χ3n) is 3.10. The maximum absolute atomic E-state index is 5.38. The Kier molecular flexibility index (Phi) is 6.32. The Morgan fingerprint density at radius 2 is 2.22 bits per heavy atom. The molecule has 2 nitrogen and oxygen atoms in total. The number of methoxy groups -OCH3 is 1. The molecular weight excluding hydrogens is 222 g/mol. The normalized spacial score (nSPS) is 11.9. The van der Waals surface area contributed by atoms with Crippen LogP contribution in [0.3, 0.4) is 0 Å². The summed E-state index contributed by atoms with van der Waals surface area (Å²) in [6, 6.07) is 6.76. The Morgan fingerprint density at radius 3 is 2.83 bits per heavy atom. The number of hydrogen-bond donors (Lipinski definition) is 1. The van der Waals surface area contributed by atoms with Crippen LogP contribution in [0.5, 0.6) is 5.75 Å². The van der Waals surface area contributed by atoms with Crippen LogP contribution in [0.2, 0.25) is 0 Å². The van der Waals surface area contributed by atoms with Gasteiger partial charge in [0.15, 0.2) is 0 Å². The maximum atomic E-state index is 5.38. The molecule has 1 unspecified atom stereocenters. The van der Waals surface area contributed by atoms with E-state index in [-0.39, 0.29) is 0 Å². The monoisotopic (exact) mass is 245 g/mol. The molecule has 1 aromatic rings. The molecule has 2 heteroatoms. The summed E-state index contributed by atoms with van der Waals surface area (Å²) in [5.74, 6) is 3.65. The molecule has 1 atom stereocenters. The van der Waals surface area contributed by atoms with Gasteiger partial charge < -0.3 is 10.1 Å². The van der Waals surface area contributed by atoms with E-state index in [9.17, 15) is 0 Å². The Morgan fingerprint density at radius 1 is 1.44 bits per heavy atom. The molecule has 0 aliphatic rings. The minimum Gasteiger partial charge on any atom is -0.496 e. The first-order chi connectivity index (χ1) is 8.72. The molecule has 0 spiro atoms. The number of terminal acetylenes is 1. The van der Waals surface area contributed by atoms with Gasteiger partial charge in [-0.3, -0.25) is 0 Å². The van der Waals surface area contributed by atoms with Crippen molar-refractivity contribution in [2.24, 2.45) is 0 Å². The van der Waals surface area contributed by atoms with Crippen LogP contribution in [0.15, 0.2) is 18.2 Å². The van der Waals surface area contributed by atoms with Gasteiger partial charge in [0, 0.05) is 12.5 Å². The van der Waals surface area contributed by atoms with E-state index in [0.29, 0.717) is 6.04 Å². The summed E-state index contributed by atoms with van der Waals surface area (Å²) in [5, 5.41) is 3.50. The van der Waals surface area contributed by atoms with E-state index in [1.807, 2.05) is 0 Å².